The SMILES string of the molecule is CCOC(O)(CCCO)OCC. The van der Waals surface area contributed by atoms with Gasteiger partial charge in [0.1, 0.15) is 0 Å². The van der Waals surface area contributed by atoms with E-state index >= 15 is 0 Å². The molecule has 12 heavy (non-hydrogen) atoms. The molecule has 0 saturated carbocycles. The minimum Gasteiger partial charge on any atom is -0.396 e. The van der Waals surface area contributed by atoms with Gasteiger partial charge in [0.05, 0.1) is 0 Å². The molecule has 0 aliphatic rings. The van der Waals surface area contributed by atoms with Crippen LogP contribution >= 0.6 is 0 Å². The average molecular weight is 178 g/mol. The summed E-state index contributed by atoms with van der Waals surface area (Å²) in [5.41, 5.74) is 0. The fourth-order valence-corrected chi connectivity index (χ4v) is 0.940. The van der Waals surface area contributed by atoms with E-state index in [-0.39, 0.29) is 6.61 Å². The molecule has 0 atom stereocenters. The zero-order chi connectivity index (χ0) is 9.45. The minimum atomic E-state index is -1.51. The topological polar surface area (TPSA) is 58.9 Å². The Morgan fingerprint density at radius 1 is 1.17 bits per heavy atom. The Morgan fingerprint density at radius 2 is 1.67 bits per heavy atom. The van der Waals surface area contributed by atoms with Crippen molar-refractivity contribution >= 4 is 0 Å². The Balaban J connectivity index is 3.80. The summed E-state index contributed by atoms with van der Waals surface area (Å²) in [5.74, 6) is -1.51. The largest absolute Gasteiger partial charge is 0.396 e. The van der Waals surface area contributed by atoms with Crippen LogP contribution in [0.3, 0.4) is 0 Å². The molecule has 0 amide bonds. The molecule has 0 unspecified atom stereocenters. The van der Waals surface area contributed by atoms with E-state index in [1.54, 1.807) is 13.8 Å². The Morgan fingerprint density at radius 3 is 2.00 bits per heavy atom. The molecule has 0 spiro atoms. The van der Waals surface area contributed by atoms with Crippen LogP contribution in [-0.4, -0.2) is 36.0 Å². The zero-order valence-electron chi connectivity index (χ0n) is 7.75. The van der Waals surface area contributed by atoms with Gasteiger partial charge in [0, 0.05) is 26.2 Å². The summed E-state index contributed by atoms with van der Waals surface area (Å²) in [7, 11) is 0. The van der Waals surface area contributed by atoms with Crippen LogP contribution in [0.5, 0.6) is 0 Å². The third kappa shape index (κ3) is 4.66. The van der Waals surface area contributed by atoms with Crippen LogP contribution in [0.15, 0.2) is 0 Å². The minimum absolute atomic E-state index is 0.0302. The van der Waals surface area contributed by atoms with Crippen molar-refractivity contribution in [1.82, 2.24) is 0 Å². The van der Waals surface area contributed by atoms with Crippen molar-refractivity contribution in [2.24, 2.45) is 0 Å². The van der Waals surface area contributed by atoms with Gasteiger partial charge in [-0.3, -0.25) is 0 Å². The van der Waals surface area contributed by atoms with Gasteiger partial charge < -0.3 is 19.7 Å². The number of aliphatic hydroxyl groups excluding tert-OH is 1. The summed E-state index contributed by atoms with van der Waals surface area (Å²) in [6, 6.07) is 0. The van der Waals surface area contributed by atoms with Crippen molar-refractivity contribution in [3.8, 4) is 0 Å². The van der Waals surface area contributed by atoms with E-state index < -0.39 is 5.97 Å². The van der Waals surface area contributed by atoms with Crippen molar-refractivity contribution in [3.05, 3.63) is 0 Å². The van der Waals surface area contributed by atoms with Gasteiger partial charge in [0.25, 0.3) is 5.97 Å². The molecular formula is C8H18O4. The quantitative estimate of drug-likeness (QED) is 0.557. The van der Waals surface area contributed by atoms with Crippen molar-refractivity contribution in [2.45, 2.75) is 32.7 Å². The second kappa shape index (κ2) is 6.37. The van der Waals surface area contributed by atoms with Crippen molar-refractivity contribution in [1.29, 1.82) is 0 Å². The molecule has 0 aliphatic carbocycles. The Hall–Kier alpha value is -0.160. The molecule has 0 saturated heterocycles. The molecule has 0 radical (unpaired) electrons. The highest BCUT2D eigenvalue weighted by atomic mass is 16.8. The van der Waals surface area contributed by atoms with Gasteiger partial charge in [-0.25, -0.2) is 0 Å². The first kappa shape index (κ1) is 11.8. The van der Waals surface area contributed by atoms with E-state index in [1.807, 2.05) is 0 Å². The van der Waals surface area contributed by atoms with E-state index in [9.17, 15) is 5.11 Å². The van der Waals surface area contributed by atoms with Crippen LogP contribution in [-0.2, 0) is 9.47 Å². The molecule has 2 N–H and O–H groups in total. The first-order valence-electron chi connectivity index (χ1n) is 4.29. The maximum Gasteiger partial charge on any atom is 0.280 e. The molecule has 0 aromatic heterocycles. The molecule has 0 fully saturated rings. The Bertz CT molecular complexity index is 99.2. The Kier molecular flexibility index (Phi) is 6.28. The summed E-state index contributed by atoms with van der Waals surface area (Å²) < 4.78 is 9.99. The molecule has 0 aromatic carbocycles. The third-order valence-corrected chi connectivity index (χ3v) is 1.39. The maximum atomic E-state index is 9.59. The first-order valence-corrected chi connectivity index (χ1v) is 4.29. The van der Waals surface area contributed by atoms with Crippen LogP contribution in [0.1, 0.15) is 26.7 Å². The highest BCUT2D eigenvalue weighted by Gasteiger charge is 2.26. The lowest BCUT2D eigenvalue weighted by atomic mass is 10.3. The molecular weight excluding hydrogens is 160 g/mol. The van der Waals surface area contributed by atoms with Gasteiger partial charge in [0.15, 0.2) is 0 Å². The van der Waals surface area contributed by atoms with Crippen LogP contribution < -0.4 is 0 Å². The third-order valence-electron chi connectivity index (χ3n) is 1.39. The van der Waals surface area contributed by atoms with Crippen molar-refractivity contribution in [3.63, 3.8) is 0 Å². The first-order chi connectivity index (χ1) is 5.68. The molecule has 0 aliphatic heterocycles. The lowest BCUT2D eigenvalue weighted by Crippen LogP contribution is -2.36. The molecule has 4 heteroatoms. The number of rotatable bonds is 7. The lowest BCUT2D eigenvalue weighted by molar-refractivity contribution is -0.361. The normalized spacial score (nSPS) is 12.0. The standard InChI is InChI=1S/C8H18O4/c1-3-11-8(10,12-4-2)6-5-7-9/h9-10H,3-7H2,1-2H3. The number of ether oxygens (including phenoxy) is 2. The smallest absolute Gasteiger partial charge is 0.280 e. The van der Waals surface area contributed by atoms with E-state index in [0.717, 1.165) is 0 Å². The molecule has 4 nitrogen and oxygen atoms in total. The predicted molar refractivity (Wildman–Crippen MR) is 44.5 cm³/mol. The highest BCUT2D eigenvalue weighted by molar-refractivity contribution is 4.53. The summed E-state index contributed by atoms with van der Waals surface area (Å²) in [5, 5.41) is 18.1. The van der Waals surface area contributed by atoms with E-state index in [1.165, 1.54) is 0 Å². The molecule has 0 heterocycles. The van der Waals surface area contributed by atoms with Gasteiger partial charge in [-0.15, -0.1) is 0 Å². The van der Waals surface area contributed by atoms with Gasteiger partial charge in [0.2, 0.25) is 0 Å². The molecule has 0 aromatic rings. The fraction of sp³-hybridized carbons (Fsp3) is 1.00. The summed E-state index contributed by atoms with van der Waals surface area (Å²) in [4.78, 5) is 0. The second-order valence-electron chi connectivity index (χ2n) is 2.41. The summed E-state index contributed by atoms with van der Waals surface area (Å²) in [6.45, 7) is 4.37. The van der Waals surface area contributed by atoms with Gasteiger partial charge in [-0.1, -0.05) is 0 Å². The molecule has 74 valence electrons. The lowest BCUT2D eigenvalue weighted by Gasteiger charge is -2.26. The predicted octanol–water partition coefficient (Wildman–Crippen LogP) is 0.478. The van der Waals surface area contributed by atoms with Crippen LogP contribution in [0.4, 0.5) is 0 Å². The second-order valence-corrected chi connectivity index (χ2v) is 2.41. The fourth-order valence-electron chi connectivity index (χ4n) is 0.940. The van der Waals surface area contributed by atoms with Crippen LogP contribution in [0, 0.1) is 0 Å². The number of hydrogen-bond acceptors (Lipinski definition) is 4. The molecule has 0 rings (SSSR count). The van der Waals surface area contributed by atoms with Gasteiger partial charge in [-0.2, -0.15) is 0 Å². The zero-order valence-corrected chi connectivity index (χ0v) is 7.75. The molecule has 0 bridgehead atoms. The van der Waals surface area contributed by atoms with Gasteiger partial charge in [-0.05, 0) is 20.3 Å². The average Bonchev–Trinajstić information content (AvgIpc) is 2.02. The van der Waals surface area contributed by atoms with Crippen molar-refractivity contribution in [2.75, 3.05) is 19.8 Å². The number of hydrogen-bond donors (Lipinski definition) is 2. The summed E-state index contributed by atoms with van der Waals surface area (Å²) in [6.07, 6.45) is 0.766. The monoisotopic (exact) mass is 178 g/mol. The van der Waals surface area contributed by atoms with E-state index in [0.29, 0.717) is 26.1 Å². The Labute approximate surface area is 73.1 Å². The van der Waals surface area contributed by atoms with E-state index in [4.69, 9.17) is 14.6 Å². The van der Waals surface area contributed by atoms with E-state index in [2.05, 4.69) is 0 Å². The maximum absolute atomic E-state index is 9.59. The van der Waals surface area contributed by atoms with Crippen molar-refractivity contribution < 1.29 is 19.7 Å². The van der Waals surface area contributed by atoms with Gasteiger partial charge >= 0.3 is 0 Å². The highest BCUT2D eigenvalue weighted by Crippen LogP contribution is 2.15. The number of aliphatic hydroxyl groups is 2. The van der Waals surface area contributed by atoms with Crippen LogP contribution in [0.25, 0.3) is 0 Å². The van der Waals surface area contributed by atoms with Crippen LogP contribution in [0.2, 0.25) is 0 Å². The summed E-state index contributed by atoms with van der Waals surface area (Å²) >= 11 is 0.